The third-order valence-electron chi connectivity index (χ3n) is 3.65. The van der Waals surface area contributed by atoms with Crippen molar-refractivity contribution < 1.29 is 4.79 Å². The van der Waals surface area contributed by atoms with Gasteiger partial charge >= 0.3 is 0 Å². The van der Waals surface area contributed by atoms with E-state index in [0.29, 0.717) is 11.7 Å². The monoisotopic (exact) mass is 384 g/mol. The molecule has 0 aromatic heterocycles. The Morgan fingerprint density at radius 2 is 2.05 bits per heavy atom. The van der Waals surface area contributed by atoms with Gasteiger partial charge in [-0.3, -0.25) is 4.79 Å². The molecule has 0 saturated carbocycles. The van der Waals surface area contributed by atoms with Crippen LogP contribution in [0.2, 0.25) is 0 Å². The van der Waals surface area contributed by atoms with Crippen LogP contribution >= 0.6 is 28.1 Å². The summed E-state index contributed by atoms with van der Waals surface area (Å²) in [4.78, 5) is 18.2. The van der Waals surface area contributed by atoms with Crippen LogP contribution in [0, 0.1) is 0 Å². The fourth-order valence-electron chi connectivity index (χ4n) is 2.22. The number of carbonyl (C=O) groups is 1. The Morgan fingerprint density at radius 3 is 2.68 bits per heavy atom. The molecule has 5 nitrogen and oxygen atoms in total. The van der Waals surface area contributed by atoms with E-state index in [0.717, 1.165) is 36.3 Å². The highest BCUT2D eigenvalue weighted by molar-refractivity contribution is 9.10. The van der Waals surface area contributed by atoms with Gasteiger partial charge in [0.05, 0.1) is 6.54 Å². The van der Waals surface area contributed by atoms with E-state index in [1.54, 1.807) is 4.90 Å². The fraction of sp³-hybridized carbons (Fsp3) is 0.467. The predicted molar refractivity (Wildman–Crippen MR) is 97.1 cm³/mol. The highest BCUT2D eigenvalue weighted by atomic mass is 79.9. The van der Waals surface area contributed by atoms with Crippen molar-refractivity contribution in [1.29, 1.82) is 0 Å². The van der Waals surface area contributed by atoms with Crippen LogP contribution in [0.1, 0.15) is 0 Å². The highest BCUT2D eigenvalue weighted by Crippen LogP contribution is 2.16. The standard InChI is InChI=1S/C15H21BrN4OS/c1-18-6-8-20(9-7-18)14(21)11-19(2)15(22)17-13-5-3-4-12(16)10-13/h3-5,10H,6-9,11H2,1-2H3,(H,17,22). The lowest BCUT2D eigenvalue weighted by Crippen LogP contribution is -2.50. The van der Waals surface area contributed by atoms with Gasteiger partial charge in [0.25, 0.3) is 0 Å². The minimum absolute atomic E-state index is 0.119. The lowest BCUT2D eigenvalue weighted by Gasteiger charge is -2.33. The Kier molecular flexibility index (Phi) is 6.16. The maximum absolute atomic E-state index is 12.3. The molecule has 1 amide bonds. The van der Waals surface area contributed by atoms with E-state index in [4.69, 9.17) is 12.2 Å². The molecule has 1 saturated heterocycles. The van der Waals surface area contributed by atoms with Gasteiger partial charge in [0.1, 0.15) is 0 Å². The Balaban J connectivity index is 1.84. The molecule has 1 aromatic rings. The number of carbonyl (C=O) groups excluding carboxylic acids is 1. The summed E-state index contributed by atoms with van der Waals surface area (Å²) < 4.78 is 0.983. The number of likely N-dealkylation sites (N-methyl/N-ethyl adjacent to an activating group) is 2. The van der Waals surface area contributed by atoms with E-state index < -0.39 is 0 Å². The molecular formula is C15H21BrN4OS. The summed E-state index contributed by atoms with van der Waals surface area (Å²) in [7, 11) is 3.91. The van der Waals surface area contributed by atoms with Crippen LogP contribution in [-0.4, -0.2) is 72.5 Å². The van der Waals surface area contributed by atoms with E-state index >= 15 is 0 Å². The molecule has 1 fully saturated rings. The normalized spacial score (nSPS) is 15.5. The number of piperazine rings is 1. The van der Waals surface area contributed by atoms with Crippen molar-refractivity contribution in [3.63, 3.8) is 0 Å². The molecule has 7 heteroatoms. The van der Waals surface area contributed by atoms with Crippen LogP contribution in [0.5, 0.6) is 0 Å². The first kappa shape index (κ1) is 17.2. The van der Waals surface area contributed by atoms with Gasteiger partial charge in [-0.25, -0.2) is 0 Å². The number of hydrogen-bond donors (Lipinski definition) is 1. The molecule has 1 heterocycles. The Hall–Kier alpha value is -1.18. The quantitative estimate of drug-likeness (QED) is 0.805. The van der Waals surface area contributed by atoms with Crippen molar-refractivity contribution in [3.05, 3.63) is 28.7 Å². The van der Waals surface area contributed by atoms with E-state index in [9.17, 15) is 4.79 Å². The smallest absolute Gasteiger partial charge is 0.242 e. The minimum Gasteiger partial charge on any atom is -0.343 e. The number of amides is 1. The van der Waals surface area contributed by atoms with Gasteiger partial charge in [0.15, 0.2) is 5.11 Å². The average molecular weight is 385 g/mol. The third-order valence-corrected chi connectivity index (χ3v) is 4.56. The number of rotatable bonds is 3. The second kappa shape index (κ2) is 7.89. The first-order valence-corrected chi connectivity index (χ1v) is 8.40. The maximum Gasteiger partial charge on any atom is 0.242 e. The molecule has 1 N–H and O–H groups in total. The summed E-state index contributed by atoms with van der Waals surface area (Å²) in [6.45, 7) is 3.72. The predicted octanol–water partition coefficient (Wildman–Crippen LogP) is 1.85. The molecule has 0 bridgehead atoms. The second-order valence-corrected chi connectivity index (χ2v) is 6.78. The van der Waals surface area contributed by atoms with Crippen LogP contribution in [0.25, 0.3) is 0 Å². The van der Waals surface area contributed by atoms with E-state index in [-0.39, 0.29) is 5.91 Å². The van der Waals surface area contributed by atoms with Crippen molar-refractivity contribution in [2.24, 2.45) is 0 Å². The summed E-state index contributed by atoms with van der Waals surface area (Å²) >= 11 is 8.79. The Bertz CT molecular complexity index is 546. The molecule has 0 radical (unpaired) electrons. The van der Waals surface area contributed by atoms with Crippen molar-refractivity contribution in [1.82, 2.24) is 14.7 Å². The topological polar surface area (TPSA) is 38.8 Å². The van der Waals surface area contributed by atoms with Crippen molar-refractivity contribution in [2.75, 3.05) is 52.1 Å². The molecule has 22 heavy (non-hydrogen) atoms. The molecule has 1 aliphatic rings. The van der Waals surface area contributed by atoms with Crippen LogP contribution in [0.3, 0.4) is 0 Å². The lowest BCUT2D eigenvalue weighted by atomic mass is 10.3. The summed E-state index contributed by atoms with van der Waals surface area (Å²) in [6.07, 6.45) is 0. The maximum atomic E-state index is 12.3. The zero-order chi connectivity index (χ0) is 16.1. The molecule has 2 rings (SSSR count). The van der Waals surface area contributed by atoms with E-state index in [1.807, 2.05) is 36.2 Å². The van der Waals surface area contributed by atoms with Crippen molar-refractivity contribution >= 4 is 44.9 Å². The van der Waals surface area contributed by atoms with Gasteiger partial charge in [-0.05, 0) is 37.5 Å². The van der Waals surface area contributed by atoms with Crippen molar-refractivity contribution in [3.8, 4) is 0 Å². The van der Waals surface area contributed by atoms with Crippen LogP contribution < -0.4 is 5.32 Å². The van der Waals surface area contributed by atoms with Gasteiger partial charge in [-0.15, -0.1) is 0 Å². The van der Waals surface area contributed by atoms with Gasteiger partial charge in [-0.2, -0.15) is 0 Å². The molecule has 0 atom stereocenters. The molecule has 1 aliphatic heterocycles. The fourth-order valence-corrected chi connectivity index (χ4v) is 2.80. The molecule has 0 aliphatic carbocycles. The van der Waals surface area contributed by atoms with Gasteiger partial charge in [0.2, 0.25) is 5.91 Å². The van der Waals surface area contributed by atoms with Gasteiger partial charge < -0.3 is 20.0 Å². The third kappa shape index (κ3) is 4.93. The summed E-state index contributed by atoms with van der Waals surface area (Å²) in [5.41, 5.74) is 0.901. The largest absolute Gasteiger partial charge is 0.343 e. The van der Waals surface area contributed by atoms with Crippen LogP contribution in [0.4, 0.5) is 5.69 Å². The molecule has 0 spiro atoms. The zero-order valence-electron chi connectivity index (χ0n) is 12.9. The van der Waals surface area contributed by atoms with Crippen LogP contribution in [-0.2, 0) is 4.79 Å². The number of halogens is 1. The summed E-state index contributed by atoms with van der Waals surface area (Å²) in [6, 6.07) is 7.77. The van der Waals surface area contributed by atoms with Crippen molar-refractivity contribution in [2.45, 2.75) is 0 Å². The first-order valence-electron chi connectivity index (χ1n) is 7.19. The summed E-state index contributed by atoms with van der Waals surface area (Å²) in [5.74, 6) is 0.119. The molecule has 1 aromatic carbocycles. The lowest BCUT2D eigenvalue weighted by molar-refractivity contribution is -0.132. The average Bonchev–Trinajstić information content (AvgIpc) is 2.47. The Labute approximate surface area is 145 Å². The number of benzene rings is 1. The van der Waals surface area contributed by atoms with E-state index in [2.05, 4.69) is 33.2 Å². The molecule has 0 unspecified atom stereocenters. The number of nitrogens with one attached hydrogen (secondary N) is 1. The number of anilines is 1. The second-order valence-electron chi connectivity index (χ2n) is 5.48. The molecular weight excluding hydrogens is 364 g/mol. The zero-order valence-corrected chi connectivity index (χ0v) is 15.3. The molecule has 120 valence electrons. The highest BCUT2D eigenvalue weighted by Gasteiger charge is 2.20. The summed E-state index contributed by atoms with van der Waals surface area (Å²) in [5, 5.41) is 3.69. The number of nitrogens with zero attached hydrogens (tertiary/aromatic N) is 3. The minimum atomic E-state index is 0.119. The number of thiocarbonyl (C=S) groups is 1. The Morgan fingerprint density at radius 1 is 1.36 bits per heavy atom. The van der Waals surface area contributed by atoms with Gasteiger partial charge in [0, 0.05) is 43.4 Å². The first-order chi connectivity index (χ1) is 10.5. The number of hydrogen-bond acceptors (Lipinski definition) is 3. The SMILES string of the molecule is CN1CCN(C(=O)CN(C)C(=S)Nc2cccc(Br)c2)CC1. The van der Waals surface area contributed by atoms with E-state index in [1.165, 1.54) is 0 Å². The van der Waals surface area contributed by atoms with Gasteiger partial charge in [-0.1, -0.05) is 22.0 Å². The van der Waals surface area contributed by atoms with Crippen LogP contribution in [0.15, 0.2) is 28.7 Å².